The molecule has 0 radical (unpaired) electrons. The highest BCUT2D eigenvalue weighted by atomic mass is 19.1. The topological polar surface area (TPSA) is 58.4 Å². The number of halogens is 1. The molecule has 0 atom stereocenters. The lowest BCUT2D eigenvalue weighted by atomic mass is 10.0. The van der Waals surface area contributed by atoms with E-state index in [1.807, 2.05) is 60.3 Å². The van der Waals surface area contributed by atoms with E-state index in [4.69, 9.17) is 5.10 Å². The second-order valence-corrected chi connectivity index (χ2v) is 8.54. The third-order valence-corrected chi connectivity index (χ3v) is 6.36. The number of amides is 2. The number of hydrogen-bond donors (Lipinski definition) is 0. The minimum absolute atomic E-state index is 0.0616. The monoisotopic (exact) mass is 468 g/mol. The Morgan fingerprint density at radius 3 is 2.31 bits per heavy atom. The first-order valence-electron chi connectivity index (χ1n) is 11.5. The van der Waals surface area contributed by atoms with Gasteiger partial charge in [-0.15, -0.1) is 0 Å². The van der Waals surface area contributed by atoms with Gasteiger partial charge in [0.15, 0.2) is 0 Å². The molecular weight excluding hydrogens is 443 g/mol. The van der Waals surface area contributed by atoms with Crippen LogP contribution in [0.15, 0.2) is 84.9 Å². The van der Waals surface area contributed by atoms with E-state index in [1.165, 1.54) is 12.1 Å². The summed E-state index contributed by atoms with van der Waals surface area (Å²) in [5.74, 6) is -1.01. The van der Waals surface area contributed by atoms with E-state index in [9.17, 15) is 14.0 Å². The third kappa shape index (κ3) is 4.45. The van der Waals surface area contributed by atoms with Gasteiger partial charge in [-0.3, -0.25) is 14.3 Å². The van der Waals surface area contributed by atoms with Crippen molar-refractivity contribution in [2.75, 3.05) is 11.4 Å². The zero-order valence-corrected chi connectivity index (χ0v) is 19.4. The molecule has 35 heavy (non-hydrogen) atoms. The number of hydrogen-bond acceptors (Lipinski definition) is 3. The maximum Gasteiger partial charge on any atom is 0.258 e. The van der Waals surface area contributed by atoms with Gasteiger partial charge >= 0.3 is 0 Å². The Morgan fingerprint density at radius 2 is 1.60 bits per heavy atom. The number of fused-ring (bicyclic) bond motifs is 1. The van der Waals surface area contributed by atoms with Crippen molar-refractivity contribution in [2.45, 2.75) is 19.5 Å². The lowest BCUT2D eigenvalue weighted by molar-refractivity contribution is 0.0727. The summed E-state index contributed by atoms with van der Waals surface area (Å²) in [5.41, 5.74) is 4.06. The summed E-state index contributed by atoms with van der Waals surface area (Å²) in [6.07, 6.45) is 0.608. The minimum atomic E-state index is -0.529. The maximum absolute atomic E-state index is 14.3. The number of nitrogens with zero attached hydrogens (tertiary/aromatic N) is 4. The van der Waals surface area contributed by atoms with Crippen molar-refractivity contribution in [2.24, 2.45) is 7.05 Å². The zero-order valence-electron chi connectivity index (χ0n) is 19.4. The van der Waals surface area contributed by atoms with E-state index >= 15 is 0 Å². The molecule has 2 heterocycles. The molecule has 7 heteroatoms. The Kier molecular flexibility index (Phi) is 6.14. The van der Waals surface area contributed by atoms with Crippen LogP contribution < -0.4 is 4.90 Å². The molecule has 0 N–H and O–H groups in total. The predicted molar refractivity (Wildman–Crippen MR) is 131 cm³/mol. The van der Waals surface area contributed by atoms with Gasteiger partial charge in [0.05, 0.1) is 17.8 Å². The number of rotatable bonds is 5. The van der Waals surface area contributed by atoms with Gasteiger partial charge in [-0.25, -0.2) is 4.39 Å². The summed E-state index contributed by atoms with van der Waals surface area (Å²) in [6.45, 7) is 1.04. The van der Waals surface area contributed by atoms with Crippen LogP contribution in [0.25, 0.3) is 0 Å². The SMILES string of the molecule is Cn1nc(CN(C(=O)c2ccccc2)c2ccccc2)c2c1CCN(C(=O)c1ccccc1F)C2. The summed E-state index contributed by atoms with van der Waals surface area (Å²) in [6, 6.07) is 24.6. The minimum Gasteiger partial charge on any atom is -0.334 e. The summed E-state index contributed by atoms with van der Waals surface area (Å²) >= 11 is 0. The summed E-state index contributed by atoms with van der Waals surface area (Å²) < 4.78 is 16.1. The molecule has 0 unspecified atom stereocenters. The van der Waals surface area contributed by atoms with Crippen LogP contribution in [0.5, 0.6) is 0 Å². The van der Waals surface area contributed by atoms with E-state index < -0.39 is 5.82 Å². The van der Waals surface area contributed by atoms with Crippen LogP contribution in [-0.2, 0) is 26.6 Å². The Labute approximate surface area is 203 Å². The Balaban J connectivity index is 1.47. The molecule has 0 bridgehead atoms. The highest BCUT2D eigenvalue weighted by Crippen LogP contribution is 2.27. The quantitative estimate of drug-likeness (QED) is 0.430. The third-order valence-electron chi connectivity index (χ3n) is 6.36. The Bertz CT molecular complexity index is 1370. The first kappa shape index (κ1) is 22.5. The number of aryl methyl sites for hydroxylation is 1. The van der Waals surface area contributed by atoms with Gasteiger partial charge < -0.3 is 9.80 Å². The highest BCUT2D eigenvalue weighted by Gasteiger charge is 2.30. The molecule has 1 aliphatic rings. The van der Waals surface area contributed by atoms with Gasteiger partial charge in [0.2, 0.25) is 0 Å². The summed E-state index contributed by atoms with van der Waals surface area (Å²) in [4.78, 5) is 29.9. The zero-order chi connectivity index (χ0) is 24.4. The average molecular weight is 469 g/mol. The molecule has 0 saturated carbocycles. The standard InChI is InChI=1S/C28H25FN4O2/c1-31-26-16-17-32(28(35)22-14-8-9-15-24(22)29)18-23(26)25(30-31)19-33(21-12-6-3-7-13-21)27(34)20-10-4-2-5-11-20/h2-15H,16-19H2,1H3. The smallest absolute Gasteiger partial charge is 0.258 e. The Hall–Kier alpha value is -4.26. The van der Waals surface area contributed by atoms with Crippen molar-refractivity contribution in [1.29, 1.82) is 0 Å². The fourth-order valence-electron chi connectivity index (χ4n) is 4.55. The molecule has 2 amide bonds. The predicted octanol–water partition coefficient (Wildman–Crippen LogP) is 4.60. The molecule has 1 aromatic heterocycles. The van der Waals surface area contributed by atoms with Gasteiger partial charge in [0, 0.05) is 49.1 Å². The Morgan fingerprint density at radius 1 is 0.943 bits per heavy atom. The molecule has 176 valence electrons. The van der Waals surface area contributed by atoms with E-state index in [-0.39, 0.29) is 23.9 Å². The van der Waals surface area contributed by atoms with Crippen molar-refractivity contribution in [1.82, 2.24) is 14.7 Å². The van der Waals surface area contributed by atoms with E-state index in [0.717, 1.165) is 22.6 Å². The van der Waals surface area contributed by atoms with Gasteiger partial charge in [0.25, 0.3) is 11.8 Å². The normalized spacial score (nSPS) is 12.8. The number of aromatic nitrogens is 2. The number of carbonyl (C=O) groups is 2. The van der Waals surface area contributed by atoms with Crippen molar-refractivity contribution >= 4 is 17.5 Å². The van der Waals surface area contributed by atoms with E-state index in [0.29, 0.717) is 25.1 Å². The van der Waals surface area contributed by atoms with Gasteiger partial charge in [-0.05, 0) is 36.4 Å². The molecule has 4 aromatic rings. The summed E-state index contributed by atoms with van der Waals surface area (Å²) in [7, 11) is 1.88. The molecule has 3 aromatic carbocycles. The lowest BCUT2D eigenvalue weighted by Gasteiger charge is -2.29. The van der Waals surface area contributed by atoms with Crippen molar-refractivity contribution in [3.8, 4) is 0 Å². The first-order valence-corrected chi connectivity index (χ1v) is 11.5. The van der Waals surface area contributed by atoms with Gasteiger partial charge in [0.1, 0.15) is 5.82 Å². The number of para-hydroxylation sites is 1. The maximum atomic E-state index is 14.3. The van der Waals surface area contributed by atoms with Gasteiger partial charge in [-0.2, -0.15) is 5.10 Å². The molecular formula is C28H25FN4O2. The molecule has 5 rings (SSSR count). The number of anilines is 1. The second-order valence-electron chi connectivity index (χ2n) is 8.54. The average Bonchev–Trinajstić information content (AvgIpc) is 3.22. The van der Waals surface area contributed by atoms with Crippen LogP contribution in [0.2, 0.25) is 0 Å². The summed E-state index contributed by atoms with van der Waals surface area (Å²) in [5, 5.41) is 4.73. The van der Waals surface area contributed by atoms with Crippen LogP contribution in [0, 0.1) is 5.82 Å². The van der Waals surface area contributed by atoms with Crippen LogP contribution >= 0.6 is 0 Å². The fraction of sp³-hybridized carbons (Fsp3) is 0.179. The van der Waals surface area contributed by atoms with Gasteiger partial charge in [-0.1, -0.05) is 48.5 Å². The molecule has 0 aliphatic carbocycles. The van der Waals surface area contributed by atoms with Crippen molar-refractivity contribution in [3.05, 3.63) is 119 Å². The van der Waals surface area contributed by atoms with E-state index in [1.54, 1.807) is 34.1 Å². The molecule has 1 aliphatic heterocycles. The van der Waals surface area contributed by atoms with Crippen LogP contribution in [0.4, 0.5) is 10.1 Å². The number of benzene rings is 3. The molecule has 0 saturated heterocycles. The van der Waals surface area contributed by atoms with Crippen LogP contribution in [0.3, 0.4) is 0 Å². The largest absolute Gasteiger partial charge is 0.334 e. The van der Waals surface area contributed by atoms with Crippen molar-refractivity contribution in [3.63, 3.8) is 0 Å². The molecule has 6 nitrogen and oxygen atoms in total. The number of carbonyl (C=O) groups excluding carboxylic acids is 2. The lowest BCUT2D eigenvalue weighted by Crippen LogP contribution is -2.37. The molecule has 0 spiro atoms. The highest BCUT2D eigenvalue weighted by molar-refractivity contribution is 6.06. The van der Waals surface area contributed by atoms with Crippen LogP contribution in [0.1, 0.15) is 37.7 Å². The van der Waals surface area contributed by atoms with E-state index in [2.05, 4.69) is 0 Å². The van der Waals surface area contributed by atoms with Crippen molar-refractivity contribution < 1.29 is 14.0 Å². The molecule has 0 fully saturated rings. The van der Waals surface area contributed by atoms with Crippen LogP contribution in [-0.4, -0.2) is 33.0 Å². The fourth-order valence-corrected chi connectivity index (χ4v) is 4.55. The first-order chi connectivity index (χ1) is 17.0. The second kappa shape index (κ2) is 9.54.